The fourth-order valence-electron chi connectivity index (χ4n) is 1.25. The average molecular weight is 235 g/mol. The van der Waals surface area contributed by atoms with Crippen molar-refractivity contribution in [2.75, 3.05) is 20.2 Å². The summed E-state index contributed by atoms with van der Waals surface area (Å²) in [5.74, 6) is 4.05. The van der Waals surface area contributed by atoms with E-state index in [0.717, 1.165) is 6.07 Å². The van der Waals surface area contributed by atoms with Gasteiger partial charge in [-0.2, -0.15) is 0 Å². The number of rotatable bonds is 2. The third kappa shape index (κ3) is 3.30. The molecule has 0 aromatic heterocycles. The molecule has 0 spiro atoms. The minimum absolute atomic E-state index is 0.176. The van der Waals surface area contributed by atoms with Crippen molar-refractivity contribution in [3.05, 3.63) is 35.1 Å². The van der Waals surface area contributed by atoms with E-state index in [1.54, 1.807) is 7.05 Å². The lowest BCUT2D eigenvalue weighted by Crippen LogP contribution is -2.26. The summed E-state index contributed by atoms with van der Waals surface area (Å²) in [5, 5.41) is 8.51. The number of carbonyl (C=O) groups is 1. The van der Waals surface area contributed by atoms with E-state index in [2.05, 4.69) is 11.8 Å². The second-order valence-electron chi connectivity index (χ2n) is 3.47. The molecular weight excluding hydrogens is 221 g/mol. The standard InChI is InChI=1S/C13H14FNO2/c1-3-15(2)13(17)11-7-6-10(5-4-8-16)12(14)9-11/h6-7,9,16H,3,8H2,1-2H3. The van der Waals surface area contributed by atoms with Crippen molar-refractivity contribution >= 4 is 5.91 Å². The Bertz CT molecular complexity index is 474. The number of carbonyl (C=O) groups excluding carboxylic acids is 1. The van der Waals surface area contributed by atoms with Crippen LogP contribution in [0.5, 0.6) is 0 Å². The quantitative estimate of drug-likeness (QED) is 0.784. The van der Waals surface area contributed by atoms with E-state index in [1.165, 1.54) is 17.0 Å². The summed E-state index contributed by atoms with van der Waals surface area (Å²) in [6.45, 7) is 2.08. The number of nitrogens with zero attached hydrogens (tertiary/aromatic N) is 1. The zero-order chi connectivity index (χ0) is 12.8. The molecule has 0 heterocycles. The Balaban J connectivity index is 3.00. The van der Waals surface area contributed by atoms with Gasteiger partial charge in [-0.3, -0.25) is 4.79 Å². The van der Waals surface area contributed by atoms with Crippen LogP contribution in [0.2, 0.25) is 0 Å². The summed E-state index contributed by atoms with van der Waals surface area (Å²) >= 11 is 0. The Morgan fingerprint density at radius 1 is 1.53 bits per heavy atom. The first kappa shape index (κ1) is 13.2. The molecule has 1 aromatic carbocycles. The van der Waals surface area contributed by atoms with Crippen molar-refractivity contribution in [1.82, 2.24) is 4.90 Å². The molecule has 3 nitrogen and oxygen atoms in total. The summed E-state index contributed by atoms with van der Waals surface area (Å²) in [4.78, 5) is 13.2. The van der Waals surface area contributed by atoms with Gasteiger partial charge in [-0.25, -0.2) is 4.39 Å². The summed E-state index contributed by atoms with van der Waals surface area (Å²) < 4.78 is 13.5. The highest BCUT2D eigenvalue weighted by Crippen LogP contribution is 2.11. The molecular formula is C13H14FNO2. The van der Waals surface area contributed by atoms with Crippen molar-refractivity contribution in [2.24, 2.45) is 0 Å². The topological polar surface area (TPSA) is 40.5 Å². The van der Waals surface area contributed by atoms with Crippen molar-refractivity contribution in [3.63, 3.8) is 0 Å². The van der Waals surface area contributed by atoms with Crippen molar-refractivity contribution in [2.45, 2.75) is 6.92 Å². The molecule has 0 unspecified atom stereocenters. The molecule has 0 aliphatic carbocycles. The van der Waals surface area contributed by atoms with E-state index in [1.807, 2.05) is 6.92 Å². The number of aliphatic hydroxyl groups excluding tert-OH is 1. The zero-order valence-electron chi connectivity index (χ0n) is 9.83. The van der Waals surface area contributed by atoms with Gasteiger partial charge in [-0.15, -0.1) is 0 Å². The molecule has 1 rings (SSSR count). The van der Waals surface area contributed by atoms with Crippen LogP contribution in [-0.4, -0.2) is 36.1 Å². The minimum atomic E-state index is -0.554. The molecule has 0 saturated carbocycles. The van der Waals surface area contributed by atoms with E-state index < -0.39 is 5.82 Å². The fourth-order valence-corrected chi connectivity index (χ4v) is 1.25. The van der Waals surface area contributed by atoms with Gasteiger partial charge in [0.05, 0.1) is 5.56 Å². The van der Waals surface area contributed by atoms with Crippen LogP contribution in [0.25, 0.3) is 0 Å². The summed E-state index contributed by atoms with van der Waals surface area (Å²) in [6, 6.07) is 4.13. The zero-order valence-corrected chi connectivity index (χ0v) is 9.83. The van der Waals surface area contributed by atoms with Gasteiger partial charge in [0, 0.05) is 19.2 Å². The average Bonchev–Trinajstić information content (AvgIpc) is 2.35. The second-order valence-corrected chi connectivity index (χ2v) is 3.47. The van der Waals surface area contributed by atoms with E-state index >= 15 is 0 Å². The summed E-state index contributed by atoms with van der Waals surface area (Å²) in [6.07, 6.45) is 0. The maximum Gasteiger partial charge on any atom is 0.253 e. The molecule has 0 radical (unpaired) electrons. The first-order valence-corrected chi connectivity index (χ1v) is 5.25. The van der Waals surface area contributed by atoms with Gasteiger partial charge in [0.1, 0.15) is 12.4 Å². The van der Waals surface area contributed by atoms with Crippen LogP contribution in [0.4, 0.5) is 4.39 Å². The Hall–Kier alpha value is -1.86. The van der Waals surface area contributed by atoms with Gasteiger partial charge >= 0.3 is 0 Å². The molecule has 1 N–H and O–H groups in total. The normalized spacial score (nSPS) is 9.41. The second kappa shape index (κ2) is 6.02. The SMILES string of the molecule is CCN(C)C(=O)c1ccc(C#CCO)c(F)c1. The Morgan fingerprint density at radius 3 is 2.76 bits per heavy atom. The van der Waals surface area contributed by atoms with Gasteiger partial charge in [-0.1, -0.05) is 11.8 Å². The first-order valence-electron chi connectivity index (χ1n) is 5.25. The highest BCUT2D eigenvalue weighted by Gasteiger charge is 2.11. The van der Waals surface area contributed by atoms with Gasteiger partial charge in [0.2, 0.25) is 0 Å². The van der Waals surface area contributed by atoms with Crippen LogP contribution in [-0.2, 0) is 0 Å². The van der Waals surface area contributed by atoms with Gasteiger partial charge in [0.15, 0.2) is 0 Å². The van der Waals surface area contributed by atoms with Crippen LogP contribution in [0.1, 0.15) is 22.8 Å². The molecule has 4 heteroatoms. The third-order valence-electron chi connectivity index (χ3n) is 2.34. The van der Waals surface area contributed by atoms with Gasteiger partial charge in [-0.05, 0) is 25.1 Å². The number of amides is 1. The largest absolute Gasteiger partial charge is 0.384 e. The Kier molecular flexibility index (Phi) is 4.68. The van der Waals surface area contributed by atoms with E-state index in [0.29, 0.717) is 12.1 Å². The van der Waals surface area contributed by atoms with Crippen molar-refractivity contribution < 1.29 is 14.3 Å². The van der Waals surface area contributed by atoms with E-state index in [9.17, 15) is 9.18 Å². The fraction of sp³-hybridized carbons (Fsp3) is 0.308. The highest BCUT2D eigenvalue weighted by molar-refractivity contribution is 5.94. The predicted molar refractivity (Wildman–Crippen MR) is 63.0 cm³/mol. The Labute approximate surface area is 99.9 Å². The monoisotopic (exact) mass is 235 g/mol. The molecule has 17 heavy (non-hydrogen) atoms. The number of benzene rings is 1. The van der Waals surface area contributed by atoms with Crippen LogP contribution in [0.15, 0.2) is 18.2 Å². The molecule has 0 atom stereocenters. The highest BCUT2D eigenvalue weighted by atomic mass is 19.1. The van der Waals surface area contributed by atoms with Gasteiger partial charge in [0.25, 0.3) is 5.91 Å². The lowest BCUT2D eigenvalue weighted by molar-refractivity contribution is 0.0802. The molecule has 0 aliphatic heterocycles. The molecule has 0 aliphatic rings. The summed E-state index contributed by atoms with van der Waals surface area (Å²) in [5.41, 5.74) is 0.469. The molecule has 0 fully saturated rings. The summed E-state index contributed by atoms with van der Waals surface area (Å²) in [7, 11) is 1.65. The van der Waals surface area contributed by atoms with Crippen LogP contribution in [0, 0.1) is 17.7 Å². The number of halogens is 1. The van der Waals surface area contributed by atoms with Crippen molar-refractivity contribution in [1.29, 1.82) is 0 Å². The number of aliphatic hydroxyl groups is 1. The van der Waals surface area contributed by atoms with Crippen LogP contribution >= 0.6 is 0 Å². The van der Waals surface area contributed by atoms with E-state index in [4.69, 9.17) is 5.11 Å². The Morgan fingerprint density at radius 2 is 2.24 bits per heavy atom. The maximum atomic E-state index is 13.5. The third-order valence-corrected chi connectivity index (χ3v) is 2.34. The van der Waals surface area contributed by atoms with Crippen LogP contribution < -0.4 is 0 Å². The molecule has 0 saturated heterocycles. The molecule has 1 aromatic rings. The first-order chi connectivity index (χ1) is 8.10. The molecule has 90 valence electrons. The predicted octanol–water partition coefficient (Wildman–Crippen LogP) is 1.26. The van der Waals surface area contributed by atoms with Crippen molar-refractivity contribution in [3.8, 4) is 11.8 Å². The minimum Gasteiger partial charge on any atom is -0.384 e. The number of hydrogen-bond donors (Lipinski definition) is 1. The van der Waals surface area contributed by atoms with Gasteiger partial charge < -0.3 is 10.0 Å². The molecule has 0 bridgehead atoms. The smallest absolute Gasteiger partial charge is 0.253 e. The lowest BCUT2D eigenvalue weighted by Gasteiger charge is -2.14. The lowest BCUT2D eigenvalue weighted by atomic mass is 10.1. The van der Waals surface area contributed by atoms with Crippen LogP contribution in [0.3, 0.4) is 0 Å². The van der Waals surface area contributed by atoms with E-state index in [-0.39, 0.29) is 18.1 Å². The number of hydrogen-bond acceptors (Lipinski definition) is 2. The maximum absolute atomic E-state index is 13.5. The molecule has 1 amide bonds.